The quantitative estimate of drug-likeness (QED) is 0.668. The monoisotopic (exact) mass is 187 g/mol. The Bertz CT molecular complexity index is 161. The van der Waals surface area contributed by atoms with Gasteiger partial charge in [-0.25, -0.2) is 0 Å². The van der Waals surface area contributed by atoms with Crippen molar-refractivity contribution >= 4 is 5.97 Å². The van der Waals surface area contributed by atoms with Gasteiger partial charge in [0.25, 0.3) is 0 Å². The molecule has 1 atom stereocenters. The van der Waals surface area contributed by atoms with Crippen molar-refractivity contribution in [3.8, 4) is 0 Å². The van der Waals surface area contributed by atoms with Crippen LogP contribution in [0.5, 0.6) is 0 Å². The predicted molar refractivity (Wildman–Crippen MR) is 53.3 cm³/mol. The van der Waals surface area contributed by atoms with Crippen LogP contribution in [0.25, 0.3) is 0 Å². The molecule has 0 aromatic heterocycles. The van der Waals surface area contributed by atoms with Crippen LogP contribution in [0.2, 0.25) is 0 Å². The first kappa shape index (κ1) is 12.4. The van der Waals surface area contributed by atoms with Crippen LogP contribution in [0.3, 0.4) is 0 Å². The second-order valence-corrected chi connectivity index (χ2v) is 4.20. The van der Waals surface area contributed by atoms with Crippen LogP contribution in [-0.4, -0.2) is 17.6 Å². The molecule has 0 aliphatic heterocycles. The smallest absolute Gasteiger partial charge is 0.306 e. The van der Waals surface area contributed by atoms with E-state index in [1.54, 1.807) is 0 Å². The van der Waals surface area contributed by atoms with Crippen molar-refractivity contribution in [3.63, 3.8) is 0 Å². The van der Waals surface area contributed by atoms with Crippen LogP contribution >= 0.6 is 0 Å². The molecule has 0 aromatic rings. The van der Waals surface area contributed by atoms with Gasteiger partial charge in [0, 0.05) is 12.0 Å². The molecule has 0 aliphatic rings. The minimum absolute atomic E-state index is 0.0217. The maximum Gasteiger partial charge on any atom is 0.306 e. The first-order valence-corrected chi connectivity index (χ1v) is 4.83. The van der Waals surface area contributed by atoms with Crippen LogP contribution in [0, 0.1) is 0 Å². The summed E-state index contributed by atoms with van der Waals surface area (Å²) in [5.41, 5.74) is 5.46. The van der Waals surface area contributed by atoms with E-state index in [4.69, 9.17) is 10.5 Å². The predicted octanol–water partition coefficient (Wildman–Crippen LogP) is 1.85. The lowest BCUT2D eigenvalue weighted by atomic mass is 10.0. The number of carbonyl (C=O) groups is 1. The van der Waals surface area contributed by atoms with Gasteiger partial charge >= 0.3 is 5.97 Å². The number of nitrogens with two attached hydrogens (primary N) is 1. The molecule has 0 spiro atoms. The van der Waals surface area contributed by atoms with Gasteiger partial charge in [-0.15, -0.1) is 0 Å². The molecule has 0 aromatic carbocycles. The van der Waals surface area contributed by atoms with Crippen molar-refractivity contribution in [2.45, 2.75) is 58.6 Å². The second-order valence-electron chi connectivity index (χ2n) is 4.20. The maximum atomic E-state index is 11.2. The lowest BCUT2D eigenvalue weighted by Crippen LogP contribution is -2.32. The summed E-state index contributed by atoms with van der Waals surface area (Å²) in [7, 11) is 0. The van der Waals surface area contributed by atoms with Gasteiger partial charge in [0.15, 0.2) is 0 Å². The van der Waals surface area contributed by atoms with Crippen LogP contribution in [-0.2, 0) is 9.53 Å². The average molecular weight is 187 g/mol. The van der Waals surface area contributed by atoms with Gasteiger partial charge < -0.3 is 10.5 Å². The lowest BCUT2D eigenvalue weighted by molar-refractivity contribution is -0.148. The van der Waals surface area contributed by atoms with Gasteiger partial charge in [0.2, 0.25) is 0 Å². The number of carbonyl (C=O) groups excluding carboxylic acids is 1. The van der Waals surface area contributed by atoms with Crippen LogP contribution in [0.1, 0.15) is 47.0 Å². The van der Waals surface area contributed by atoms with Crippen molar-refractivity contribution in [2.75, 3.05) is 0 Å². The summed E-state index contributed by atoms with van der Waals surface area (Å²) in [4.78, 5) is 11.2. The summed E-state index contributed by atoms with van der Waals surface area (Å²) in [5, 5.41) is 0. The minimum atomic E-state index is -0.283. The third-order valence-electron chi connectivity index (χ3n) is 1.88. The summed E-state index contributed by atoms with van der Waals surface area (Å²) in [6.07, 6.45) is 1.96. The largest absolute Gasteiger partial charge is 0.463 e. The molecule has 2 N–H and O–H groups in total. The van der Waals surface area contributed by atoms with Gasteiger partial charge in [-0.3, -0.25) is 4.79 Å². The number of hydrogen-bond donors (Lipinski definition) is 1. The zero-order valence-corrected chi connectivity index (χ0v) is 9.09. The van der Waals surface area contributed by atoms with E-state index in [1.807, 2.05) is 27.7 Å². The average Bonchev–Trinajstić information content (AvgIpc) is 1.99. The van der Waals surface area contributed by atoms with Crippen molar-refractivity contribution < 1.29 is 9.53 Å². The molecule has 0 aliphatic carbocycles. The minimum Gasteiger partial charge on any atom is -0.463 e. The molecule has 13 heavy (non-hydrogen) atoms. The molecule has 0 unspecified atom stereocenters. The van der Waals surface area contributed by atoms with Crippen molar-refractivity contribution in [1.82, 2.24) is 0 Å². The Morgan fingerprint density at radius 1 is 1.54 bits per heavy atom. The molecule has 0 saturated heterocycles. The third-order valence-corrected chi connectivity index (χ3v) is 1.88. The van der Waals surface area contributed by atoms with Gasteiger partial charge in [-0.2, -0.15) is 0 Å². The maximum absolute atomic E-state index is 11.2. The highest BCUT2D eigenvalue weighted by atomic mass is 16.5. The van der Waals surface area contributed by atoms with Gasteiger partial charge in [-0.05, 0) is 33.6 Å². The number of rotatable bonds is 5. The molecule has 78 valence electrons. The van der Waals surface area contributed by atoms with Crippen LogP contribution in [0.4, 0.5) is 0 Å². The number of ether oxygens (including phenoxy) is 1. The molecule has 3 heteroatoms. The molecule has 0 rings (SSSR count). The SMILES string of the molecule is CC[C@@H](C)OC(=O)CCC(C)(C)N. The Morgan fingerprint density at radius 2 is 2.08 bits per heavy atom. The molecule has 3 nitrogen and oxygen atoms in total. The number of hydrogen-bond acceptors (Lipinski definition) is 3. The molecule has 0 fully saturated rings. The summed E-state index contributed by atoms with van der Waals surface area (Å²) >= 11 is 0. The summed E-state index contributed by atoms with van der Waals surface area (Å²) in [6.45, 7) is 7.70. The number of esters is 1. The Hall–Kier alpha value is -0.570. The van der Waals surface area contributed by atoms with Crippen molar-refractivity contribution in [3.05, 3.63) is 0 Å². The molecular weight excluding hydrogens is 166 g/mol. The Balaban J connectivity index is 3.64. The summed E-state index contributed by atoms with van der Waals surface area (Å²) in [6, 6.07) is 0. The van der Waals surface area contributed by atoms with E-state index < -0.39 is 0 Å². The van der Waals surface area contributed by atoms with E-state index in [2.05, 4.69) is 0 Å². The van der Waals surface area contributed by atoms with E-state index in [-0.39, 0.29) is 17.6 Å². The van der Waals surface area contributed by atoms with E-state index in [0.717, 1.165) is 6.42 Å². The fourth-order valence-electron chi connectivity index (χ4n) is 0.791. The van der Waals surface area contributed by atoms with Gasteiger partial charge in [0.05, 0.1) is 6.10 Å². The first-order valence-electron chi connectivity index (χ1n) is 4.83. The molecule has 0 saturated carbocycles. The highest BCUT2D eigenvalue weighted by molar-refractivity contribution is 5.69. The zero-order valence-electron chi connectivity index (χ0n) is 9.09. The lowest BCUT2D eigenvalue weighted by Gasteiger charge is -2.18. The Kier molecular flexibility index (Phi) is 4.99. The van der Waals surface area contributed by atoms with Crippen molar-refractivity contribution in [2.24, 2.45) is 5.73 Å². The highest BCUT2D eigenvalue weighted by Gasteiger charge is 2.14. The fourth-order valence-corrected chi connectivity index (χ4v) is 0.791. The summed E-state index contributed by atoms with van der Waals surface area (Å²) in [5.74, 6) is -0.145. The summed E-state index contributed by atoms with van der Waals surface area (Å²) < 4.78 is 5.10. The molecule has 0 amide bonds. The van der Waals surface area contributed by atoms with E-state index >= 15 is 0 Å². The normalized spacial score (nSPS) is 13.9. The Morgan fingerprint density at radius 3 is 2.46 bits per heavy atom. The van der Waals surface area contributed by atoms with E-state index in [1.165, 1.54) is 0 Å². The standard InChI is InChI=1S/C10H21NO2/c1-5-8(2)13-9(12)6-7-10(3,4)11/h8H,5-7,11H2,1-4H3/t8-/m1/s1. The molecular formula is C10H21NO2. The van der Waals surface area contributed by atoms with Crippen LogP contribution in [0.15, 0.2) is 0 Å². The zero-order chi connectivity index (χ0) is 10.5. The van der Waals surface area contributed by atoms with Crippen molar-refractivity contribution in [1.29, 1.82) is 0 Å². The molecule has 0 bridgehead atoms. The fraction of sp³-hybridized carbons (Fsp3) is 0.900. The topological polar surface area (TPSA) is 52.3 Å². The third kappa shape index (κ3) is 7.78. The highest BCUT2D eigenvalue weighted by Crippen LogP contribution is 2.09. The molecule has 0 heterocycles. The van der Waals surface area contributed by atoms with Gasteiger partial charge in [0.1, 0.15) is 0 Å². The Labute approximate surface area is 80.6 Å². The van der Waals surface area contributed by atoms with E-state index in [0.29, 0.717) is 12.8 Å². The first-order chi connectivity index (χ1) is 5.85. The van der Waals surface area contributed by atoms with Gasteiger partial charge in [-0.1, -0.05) is 6.92 Å². The second kappa shape index (κ2) is 5.22. The van der Waals surface area contributed by atoms with E-state index in [9.17, 15) is 4.79 Å². The molecule has 0 radical (unpaired) electrons. The van der Waals surface area contributed by atoms with Crippen LogP contribution < -0.4 is 5.73 Å².